The molecular weight excluding hydrogens is 318 g/mol. The Morgan fingerprint density at radius 3 is 2.25 bits per heavy atom. The number of benzene rings is 1. The first kappa shape index (κ1) is 15.1. The second-order valence-electron chi connectivity index (χ2n) is 5.47. The number of nitrogens with zero attached hydrogens (tertiary/aromatic N) is 1. The quantitative estimate of drug-likeness (QED) is 0.775. The van der Waals surface area contributed by atoms with Gasteiger partial charge in [-0.25, -0.2) is 0 Å². The van der Waals surface area contributed by atoms with E-state index in [1.807, 2.05) is 20.8 Å². The van der Waals surface area contributed by atoms with Gasteiger partial charge in [0.25, 0.3) is 0 Å². The molecule has 0 saturated heterocycles. The average molecular weight is 336 g/mol. The molecule has 0 aromatic heterocycles. The van der Waals surface area contributed by atoms with Gasteiger partial charge in [-0.05, 0) is 56.7 Å². The first-order chi connectivity index (χ1) is 9.39. The van der Waals surface area contributed by atoms with E-state index in [9.17, 15) is 10.1 Å². The first-order valence-electron chi connectivity index (χ1n) is 6.69. The van der Waals surface area contributed by atoms with Crippen molar-refractivity contribution in [1.29, 1.82) is 5.26 Å². The fraction of sp³-hybridized carbons (Fsp3) is 0.500. The van der Waals surface area contributed by atoms with Crippen LogP contribution in [0.15, 0.2) is 4.47 Å². The number of rotatable bonds is 3. The monoisotopic (exact) mass is 335 g/mol. The maximum absolute atomic E-state index is 12.9. The van der Waals surface area contributed by atoms with Gasteiger partial charge in [-0.3, -0.25) is 4.79 Å². The van der Waals surface area contributed by atoms with Gasteiger partial charge in [-0.15, -0.1) is 0 Å². The SMILES string of the molecule is COc1c(C)c(C)c(Br)c(C)c1C(=O)C1(C#N)CCC1. The Bertz CT molecular complexity index is 625. The Labute approximate surface area is 128 Å². The summed E-state index contributed by atoms with van der Waals surface area (Å²) in [5, 5.41) is 9.39. The molecule has 0 atom stereocenters. The molecule has 0 N–H and O–H groups in total. The van der Waals surface area contributed by atoms with Crippen molar-refractivity contribution in [3.63, 3.8) is 0 Å². The molecule has 3 nitrogen and oxygen atoms in total. The maximum Gasteiger partial charge on any atom is 0.187 e. The number of ketones is 1. The highest BCUT2D eigenvalue weighted by molar-refractivity contribution is 9.10. The molecule has 0 aliphatic heterocycles. The summed E-state index contributed by atoms with van der Waals surface area (Å²) in [6.07, 6.45) is 2.23. The van der Waals surface area contributed by atoms with Crippen LogP contribution in [0, 0.1) is 37.5 Å². The van der Waals surface area contributed by atoms with Crippen LogP contribution in [-0.2, 0) is 0 Å². The third-order valence-electron chi connectivity index (χ3n) is 4.45. The van der Waals surface area contributed by atoms with Crippen LogP contribution in [-0.4, -0.2) is 12.9 Å². The number of ether oxygens (including phenoxy) is 1. The molecule has 0 amide bonds. The minimum Gasteiger partial charge on any atom is -0.496 e. The van der Waals surface area contributed by atoms with Crippen molar-refractivity contribution in [2.45, 2.75) is 40.0 Å². The molecule has 1 aliphatic carbocycles. The van der Waals surface area contributed by atoms with Crippen molar-refractivity contribution in [2.24, 2.45) is 5.41 Å². The van der Waals surface area contributed by atoms with Crippen LogP contribution in [0.5, 0.6) is 5.75 Å². The number of hydrogen-bond donors (Lipinski definition) is 0. The predicted octanol–water partition coefficient (Wildman–Crippen LogP) is 4.26. The summed E-state index contributed by atoms with van der Waals surface area (Å²) in [4.78, 5) is 12.9. The van der Waals surface area contributed by atoms with Gasteiger partial charge >= 0.3 is 0 Å². The van der Waals surface area contributed by atoms with Crippen molar-refractivity contribution in [3.8, 4) is 11.8 Å². The van der Waals surface area contributed by atoms with E-state index in [2.05, 4.69) is 22.0 Å². The van der Waals surface area contributed by atoms with Crippen molar-refractivity contribution >= 4 is 21.7 Å². The lowest BCUT2D eigenvalue weighted by molar-refractivity contribution is 0.0744. The molecule has 1 aromatic rings. The summed E-state index contributed by atoms with van der Waals surface area (Å²) in [6, 6.07) is 2.22. The molecule has 0 radical (unpaired) electrons. The maximum atomic E-state index is 12.9. The number of Topliss-reactive ketones (excluding diaryl/α,β-unsaturated/α-hetero) is 1. The number of methoxy groups -OCH3 is 1. The lowest BCUT2D eigenvalue weighted by Gasteiger charge is -2.34. The number of carbonyl (C=O) groups is 1. The smallest absolute Gasteiger partial charge is 0.187 e. The van der Waals surface area contributed by atoms with Gasteiger partial charge in [0.15, 0.2) is 5.78 Å². The molecule has 20 heavy (non-hydrogen) atoms. The van der Waals surface area contributed by atoms with Crippen molar-refractivity contribution in [3.05, 3.63) is 26.7 Å². The zero-order valence-corrected chi connectivity index (χ0v) is 13.8. The van der Waals surface area contributed by atoms with Crippen molar-refractivity contribution in [2.75, 3.05) is 7.11 Å². The van der Waals surface area contributed by atoms with Gasteiger partial charge in [0.1, 0.15) is 11.2 Å². The van der Waals surface area contributed by atoms with Crippen molar-refractivity contribution < 1.29 is 9.53 Å². The molecule has 1 saturated carbocycles. The number of halogens is 1. The van der Waals surface area contributed by atoms with Crippen LogP contribution < -0.4 is 4.74 Å². The van der Waals surface area contributed by atoms with Crippen LogP contribution in [0.25, 0.3) is 0 Å². The predicted molar refractivity (Wildman–Crippen MR) is 81.1 cm³/mol. The van der Waals surface area contributed by atoms with E-state index in [4.69, 9.17) is 4.74 Å². The first-order valence-corrected chi connectivity index (χ1v) is 7.48. The summed E-state index contributed by atoms with van der Waals surface area (Å²) in [5.41, 5.74) is 2.58. The number of nitriles is 1. The van der Waals surface area contributed by atoms with Crippen molar-refractivity contribution in [1.82, 2.24) is 0 Å². The van der Waals surface area contributed by atoms with E-state index in [-0.39, 0.29) is 5.78 Å². The van der Waals surface area contributed by atoms with Gasteiger partial charge in [0, 0.05) is 4.47 Å². The second kappa shape index (κ2) is 5.21. The van der Waals surface area contributed by atoms with Crippen LogP contribution in [0.4, 0.5) is 0 Å². The number of carbonyl (C=O) groups excluding carboxylic acids is 1. The lowest BCUT2D eigenvalue weighted by Crippen LogP contribution is -2.37. The van der Waals surface area contributed by atoms with E-state index in [1.165, 1.54) is 0 Å². The molecule has 1 fully saturated rings. The van der Waals surface area contributed by atoms with Gasteiger partial charge in [-0.2, -0.15) is 5.26 Å². The minimum absolute atomic E-state index is 0.0931. The summed E-state index contributed by atoms with van der Waals surface area (Å²) in [6.45, 7) is 5.83. The van der Waals surface area contributed by atoms with E-state index in [0.29, 0.717) is 24.2 Å². The van der Waals surface area contributed by atoms with E-state index in [1.54, 1.807) is 7.11 Å². The Morgan fingerprint density at radius 1 is 1.25 bits per heavy atom. The van der Waals surface area contributed by atoms with Gasteiger partial charge in [-0.1, -0.05) is 15.9 Å². The molecule has 0 bridgehead atoms. The van der Waals surface area contributed by atoms with Gasteiger partial charge in [0.05, 0.1) is 18.7 Å². The highest BCUT2D eigenvalue weighted by Gasteiger charge is 2.46. The minimum atomic E-state index is -0.848. The Balaban J connectivity index is 2.69. The average Bonchev–Trinajstić information content (AvgIpc) is 2.39. The fourth-order valence-electron chi connectivity index (χ4n) is 2.77. The molecule has 0 heterocycles. The Kier molecular flexibility index (Phi) is 3.93. The standard InChI is InChI=1S/C16H18BrNO2/c1-9-10(2)14(20-4)12(11(3)13(9)17)15(19)16(8-18)6-5-7-16/h5-7H2,1-4H3. The molecule has 4 heteroatoms. The Hall–Kier alpha value is -1.34. The highest BCUT2D eigenvalue weighted by atomic mass is 79.9. The third kappa shape index (κ3) is 1.96. The summed E-state index contributed by atoms with van der Waals surface area (Å²) < 4.78 is 6.39. The van der Waals surface area contributed by atoms with Crippen LogP contribution >= 0.6 is 15.9 Å². The third-order valence-corrected chi connectivity index (χ3v) is 5.64. The Morgan fingerprint density at radius 2 is 1.85 bits per heavy atom. The zero-order valence-electron chi connectivity index (χ0n) is 12.3. The van der Waals surface area contributed by atoms with Gasteiger partial charge < -0.3 is 4.74 Å². The molecule has 1 aliphatic rings. The normalized spacial score (nSPS) is 16.2. The van der Waals surface area contributed by atoms with Crippen LogP contribution in [0.1, 0.15) is 46.3 Å². The molecular formula is C16H18BrNO2. The second-order valence-corrected chi connectivity index (χ2v) is 6.27. The summed E-state index contributed by atoms with van der Waals surface area (Å²) in [5.74, 6) is 0.513. The van der Waals surface area contributed by atoms with Crippen LogP contribution in [0.2, 0.25) is 0 Å². The lowest BCUT2D eigenvalue weighted by atomic mass is 9.65. The topological polar surface area (TPSA) is 50.1 Å². The highest BCUT2D eigenvalue weighted by Crippen LogP contribution is 2.47. The molecule has 1 aromatic carbocycles. The van der Waals surface area contributed by atoms with Crippen LogP contribution in [0.3, 0.4) is 0 Å². The fourth-order valence-corrected chi connectivity index (χ4v) is 3.27. The molecule has 0 unspecified atom stereocenters. The zero-order chi connectivity index (χ0) is 15.1. The van der Waals surface area contributed by atoms with E-state index in [0.717, 1.165) is 27.6 Å². The largest absolute Gasteiger partial charge is 0.496 e. The van der Waals surface area contributed by atoms with E-state index >= 15 is 0 Å². The summed E-state index contributed by atoms with van der Waals surface area (Å²) >= 11 is 3.55. The van der Waals surface area contributed by atoms with Gasteiger partial charge in [0.2, 0.25) is 0 Å². The number of hydrogen-bond acceptors (Lipinski definition) is 3. The molecule has 0 spiro atoms. The summed E-state index contributed by atoms with van der Waals surface area (Å²) in [7, 11) is 1.58. The molecule has 106 valence electrons. The van der Waals surface area contributed by atoms with E-state index < -0.39 is 5.41 Å². The molecule has 2 rings (SSSR count).